The van der Waals surface area contributed by atoms with E-state index < -0.39 is 0 Å². The lowest BCUT2D eigenvalue weighted by Crippen LogP contribution is -2.40. The number of nitrogens with zero attached hydrogens (tertiary/aromatic N) is 6. The number of anilines is 1. The molecule has 0 fully saturated rings. The van der Waals surface area contributed by atoms with Crippen molar-refractivity contribution in [2.45, 2.75) is 13.5 Å². The maximum atomic E-state index is 4.31. The number of aromatic nitrogens is 3. The van der Waals surface area contributed by atoms with Gasteiger partial charge in [0.25, 0.3) is 5.13 Å². The van der Waals surface area contributed by atoms with Crippen LogP contribution in [0.2, 0.25) is 0 Å². The third-order valence-corrected chi connectivity index (χ3v) is 5.54. The van der Waals surface area contributed by atoms with Crippen molar-refractivity contribution in [3.63, 3.8) is 0 Å². The Hall–Kier alpha value is -3.45. The van der Waals surface area contributed by atoms with Gasteiger partial charge in [-0.3, -0.25) is 0 Å². The van der Waals surface area contributed by atoms with Crippen LogP contribution < -0.4 is 9.47 Å². The van der Waals surface area contributed by atoms with Crippen molar-refractivity contribution in [3.05, 3.63) is 85.2 Å². The minimum atomic E-state index is 0.549. The molecule has 0 unspecified atom stereocenters. The van der Waals surface area contributed by atoms with Gasteiger partial charge in [0.15, 0.2) is 18.9 Å². The SMILES string of the molecule is CCN(CC[n+]1ccccc1)c1ccc(/N=N/c2nnc(-c3ccccc3)s2)cc1. The Labute approximate surface area is 180 Å². The Bertz CT molecular complexity index is 1080. The van der Waals surface area contributed by atoms with E-state index in [1.807, 2.05) is 48.5 Å². The second-order valence-corrected chi connectivity index (χ2v) is 7.62. The first kappa shape index (κ1) is 19.8. The highest BCUT2D eigenvalue weighted by atomic mass is 32.1. The van der Waals surface area contributed by atoms with E-state index in [0.717, 1.165) is 35.9 Å². The number of hydrogen-bond acceptors (Lipinski definition) is 6. The van der Waals surface area contributed by atoms with Gasteiger partial charge in [0, 0.05) is 29.9 Å². The lowest BCUT2D eigenvalue weighted by atomic mass is 10.2. The number of likely N-dealkylation sites (N-methyl/N-ethyl adjacent to an activating group) is 1. The fourth-order valence-corrected chi connectivity index (χ4v) is 3.75. The van der Waals surface area contributed by atoms with Crippen LogP contribution in [0.15, 0.2) is 95.4 Å². The van der Waals surface area contributed by atoms with Crippen LogP contribution in [-0.2, 0) is 6.54 Å². The molecule has 0 radical (unpaired) electrons. The molecular formula is C23H23N6S+. The summed E-state index contributed by atoms with van der Waals surface area (Å²) in [6.45, 7) is 5.00. The summed E-state index contributed by atoms with van der Waals surface area (Å²) in [5, 5.41) is 18.3. The summed E-state index contributed by atoms with van der Waals surface area (Å²) in [6.07, 6.45) is 4.18. The highest BCUT2D eigenvalue weighted by Crippen LogP contribution is 2.29. The maximum Gasteiger partial charge on any atom is 0.252 e. The molecule has 7 heteroatoms. The molecule has 0 aliphatic heterocycles. The first-order valence-electron chi connectivity index (χ1n) is 9.91. The van der Waals surface area contributed by atoms with Gasteiger partial charge in [0.1, 0.15) is 5.01 Å². The van der Waals surface area contributed by atoms with Crippen LogP contribution in [0.5, 0.6) is 0 Å². The smallest absolute Gasteiger partial charge is 0.252 e. The molecule has 0 amide bonds. The zero-order chi connectivity index (χ0) is 20.6. The molecule has 0 saturated carbocycles. The van der Waals surface area contributed by atoms with E-state index in [0.29, 0.717) is 5.13 Å². The normalized spacial score (nSPS) is 11.1. The third kappa shape index (κ3) is 5.12. The highest BCUT2D eigenvalue weighted by molar-refractivity contribution is 7.18. The van der Waals surface area contributed by atoms with Gasteiger partial charge in [0.05, 0.1) is 12.2 Å². The first-order chi connectivity index (χ1) is 14.8. The van der Waals surface area contributed by atoms with Gasteiger partial charge in [-0.15, -0.1) is 20.4 Å². The Kier molecular flexibility index (Phi) is 6.51. The molecular weight excluding hydrogens is 392 g/mol. The van der Waals surface area contributed by atoms with Crippen LogP contribution in [0.1, 0.15) is 6.92 Å². The number of hydrogen-bond donors (Lipinski definition) is 0. The van der Waals surface area contributed by atoms with Gasteiger partial charge in [-0.2, -0.15) is 0 Å². The molecule has 6 nitrogen and oxygen atoms in total. The lowest BCUT2D eigenvalue weighted by molar-refractivity contribution is -0.694. The van der Waals surface area contributed by atoms with Crippen molar-refractivity contribution in [2.75, 3.05) is 18.0 Å². The summed E-state index contributed by atoms with van der Waals surface area (Å²) in [5.74, 6) is 0. The number of azo groups is 1. The van der Waals surface area contributed by atoms with Crippen molar-refractivity contribution in [2.24, 2.45) is 10.2 Å². The standard InChI is InChI=1S/C23H23N6S/c1-2-29(18-17-28-15-7-4-8-16-28)21-13-11-20(12-14-21)24-26-23-27-25-22(30-23)19-9-5-3-6-10-19/h3-16H,2,17-18H2,1H3/q+1/b26-24+. The van der Waals surface area contributed by atoms with Crippen molar-refractivity contribution < 1.29 is 4.57 Å². The molecule has 2 heterocycles. The molecule has 0 N–H and O–H groups in total. The van der Waals surface area contributed by atoms with Gasteiger partial charge < -0.3 is 4.90 Å². The Morgan fingerprint density at radius 3 is 2.33 bits per heavy atom. The molecule has 0 saturated heterocycles. The van der Waals surface area contributed by atoms with Crippen LogP contribution in [-0.4, -0.2) is 23.3 Å². The topological polar surface area (TPSA) is 57.6 Å². The molecule has 150 valence electrons. The van der Waals surface area contributed by atoms with Crippen LogP contribution in [0.4, 0.5) is 16.5 Å². The monoisotopic (exact) mass is 415 g/mol. The van der Waals surface area contributed by atoms with Crippen molar-refractivity contribution >= 4 is 27.8 Å². The number of rotatable bonds is 8. The quantitative estimate of drug-likeness (QED) is 0.285. The van der Waals surface area contributed by atoms with Crippen LogP contribution in [0, 0.1) is 0 Å². The Morgan fingerprint density at radius 2 is 1.60 bits per heavy atom. The van der Waals surface area contributed by atoms with Crippen LogP contribution in [0.3, 0.4) is 0 Å². The Morgan fingerprint density at radius 1 is 0.867 bits per heavy atom. The van der Waals surface area contributed by atoms with Crippen molar-refractivity contribution in [1.29, 1.82) is 0 Å². The summed E-state index contributed by atoms with van der Waals surface area (Å²) in [6, 6.07) is 24.2. The van der Waals surface area contributed by atoms with Gasteiger partial charge >= 0.3 is 0 Å². The largest absolute Gasteiger partial charge is 0.365 e. The second-order valence-electron chi connectivity index (χ2n) is 6.67. The predicted octanol–water partition coefficient (Wildman–Crippen LogP) is 5.43. The molecule has 0 aliphatic rings. The average Bonchev–Trinajstić information content (AvgIpc) is 3.29. The van der Waals surface area contributed by atoms with Gasteiger partial charge in [-0.25, -0.2) is 4.57 Å². The van der Waals surface area contributed by atoms with E-state index in [9.17, 15) is 0 Å². The zero-order valence-corrected chi connectivity index (χ0v) is 17.6. The summed E-state index contributed by atoms with van der Waals surface area (Å²) < 4.78 is 2.19. The second kappa shape index (κ2) is 9.84. The van der Waals surface area contributed by atoms with E-state index in [1.54, 1.807) is 0 Å². The lowest BCUT2D eigenvalue weighted by Gasteiger charge is -2.21. The number of benzene rings is 2. The average molecular weight is 416 g/mol. The minimum Gasteiger partial charge on any atom is -0.365 e. The fraction of sp³-hybridized carbons (Fsp3) is 0.174. The van der Waals surface area contributed by atoms with Gasteiger partial charge in [-0.1, -0.05) is 47.7 Å². The summed E-state index contributed by atoms with van der Waals surface area (Å²) in [5.41, 5.74) is 3.01. The van der Waals surface area contributed by atoms with Crippen molar-refractivity contribution in [3.8, 4) is 10.6 Å². The third-order valence-electron chi connectivity index (χ3n) is 4.69. The van der Waals surface area contributed by atoms with Crippen molar-refractivity contribution in [1.82, 2.24) is 10.2 Å². The van der Waals surface area contributed by atoms with E-state index in [-0.39, 0.29) is 0 Å². The summed E-state index contributed by atoms with van der Waals surface area (Å²) >= 11 is 1.43. The maximum absolute atomic E-state index is 4.31. The first-order valence-corrected chi connectivity index (χ1v) is 10.7. The van der Waals surface area contributed by atoms with E-state index in [1.165, 1.54) is 17.0 Å². The zero-order valence-electron chi connectivity index (χ0n) is 16.8. The van der Waals surface area contributed by atoms with Crippen LogP contribution >= 0.6 is 11.3 Å². The molecule has 0 atom stereocenters. The predicted molar refractivity (Wildman–Crippen MR) is 120 cm³/mol. The highest BCUT2D eigenvalue weighted by Gasteiger charge is 2.08. The van der Waals surface area contributed by atoms with Gasteiger partial charge in [0.2, 0.25) is 0 Å². The minimum absolute atomic E-state index is 0.549. The van der Waals surface area contributed by atoms with E-state index >= 15 is 0 Å². The van der Waals surface area contributed by atoms with E-state index in [2.05, 4.69) is 73.5 Å². The molecule has 4 aromatic rings. The van der Waals surface area contributed by atoms with Crippen LogP contribution in [0.25, 0.3) is 10.6 Å². The summed E-state index contributed by atoms with van der Waals surface area (Å²) in [7, 11) is 0. The molecule has 30 heavy (non-hydrogen) atoms. The summed E-state index contributed by atoms with van der Waals surface area (Å²) in [4.78, 5) is 2.35. The Balaban J connectivity index is 1.38. The molecule has 2 aromatic heterocycles. The van der Waals surface area contributed by atoms with E-state index in [4.69, 9.17) is 0 Å². The van der Waals surface area contributed by atoms with Gasteiger partial charge in [-0.05, 0) is 31.2 Å². The molecule has 0 aliphatic carbocycles. The molecule has 4 rings (SSSR count). The molecule has 0 bridgehead atoms. The fourth-order valence-electron chi connectivity index (χ4n) is 3.07. The molecule has 0 spiro atoms. The number of pyridine rings is 1. The molecule has 2 aromatic carbocycles.